The molecule has 2 aromatic rings. The fourth-order valence-corrected chi connectivity index (χ4v) is 1.53. The minimum Gasteiger partial charge on any atom is -0.438 e. The number of halogens is 1. The van der Waals surface area contributed by atoms with Crippen LogP contribution in [0, 0.1) is 6.92 Å². The molecule has 0 spiro atoms. The molecule has 0 saturated carbocycles. The normalized spacial score (nSPS) is 10.3. The second-order valence-corrected chi connectivity index (χ2v) is 4.39. The Bertz CT molecular complexity index is 514. The van der Waals surface area contributed by atoms with E-state index >= 15 is 0 Å². The van der Waals surface area contributed by atoms with Crippen molar-refractivity contribution in [1.82, 2.24) is 10.2 Å². The summed E-state index contributed by atoms with van der Waals surface area (Å²) in [5.74, 6) is 1.11. The Kier molecular flexibility index (Phi) is 3.71. The van der Waals surface area contributed by atoms with Crippen molar-refractivity contribution in [3.05, 3.63) is 46.1 Å². The number of aliphatic hydroxyl groups excluding tert-OH is 1. The minimum atomic E-state index is -0.120. The van der Waals surface area contributed by atoms with Crippen LogP contribution in [-0.2, 0) is 6.61 Å². The molecule has 0 radical (unpaired) electrons. The predicted molar refractivity (Wildman–Crippen MR) is 66.9 cm³/mol. The van der Waals surface area contributed by atoms with Crippen molar-refractivity contribution in [2.24, 2.45) is 0 Å². The number of hydrogen-bond donors (Lipinski definition) is 1. The van der Waals surface area contributed by atoms with Gasteiger partial charge in [-0.25, -0.2) is 0 Å². The van der Waals surface area contributed by atoms with Gasteiger partial charge in [-0.15, -0.1) is 10.2 Å². The third kappa shape index (κ3) is 3.01. The van der Waals surface area contributed by atoms with Crippen molar-refractivity contribution in [3.8, 4) is 11.6 Å². The predicted octanol–water partition coefficient (Wildman–Crippen LogP) is 2.83. The van der Waals surface area contributed by atoms with E-state index in [1.807, 2.05) is 25.1 Å². The second-order valence-electron chi connectivity index (χ2n) is 3.53. The summed E-state index contributed by atoms with van der Waals surface area (Å²) in [6, 6.07) is 9.02. The third-order valence-electron chi connectivity index (χ3n) is 2.21. The van der Waals surface area contributed by atoms with Crippen LogP contribution in [0.3, 0.4) is 0 Å². The van der Waals surface area contributed by atoms with E-state index in [-0.39, 0.29) is 6.61 Å². The standard InChI is InChI=1S/C12H11BrN2O2/c1-8-6-10(3-4-11(8)13)17-12-5-2-9(7-16)14-15-12/h2-6,16H,7H2,1H3. The Hall–Kier alpha value is -1.46. The van der Waals surface area contributed by atoms with Gasteiger partial charge >= 0.3 is 0 Å². The largest absolute Gasteiger partial charge is 0.438 e. The zero-order valence-electron chi connectivity index (χ0n) is 9.22. The van der Waals surface area contributed by atoms with Crippen molar-refractivity contribution in [2.75, 3.05) is 0 Å². The molecule has 0 unspecified atom stereocenters. The maximum absolute atomic E-state index is 8.84. The first kappa shape index (κ1) is 12.0. The van der Waals surface area contributed by atoms with Gasteiger partial charge in [0, 0.05) is 10.5 Å². The summed E-state index contributed by atoms with van der Waals surface area (Å²) >= 11 is 3.42. The highest BCUT2D eigenvalue weighted by Crippen LogP contribution is 2.24. The lowest BCUT2D eigenvalue weighted by atomic mass is 10.2. The van der Waals surface area contributed by atoms with E-state index in [9.17, 15) is 0 Å². The molecule has 1 N–H and O–H groups in total. The van der Waals surface area contributed by atoms with Gasteiger partial charge in [-0.1, -0.05) is 15.9 Å². The number of hydrogen-bond acceptors (Lipinski definition) is 4. The van der Waals surface area contributed by atoms with E-state index in [0.29, 0.717) is 17.3 Å². The Morgan fingerprint density at radius 2 is 2.06 bits per heavy atom. The van der Waals surface area contributed by atoms with E-state index in [2.05, 4.69) is 26.1 Å². The van der Waals surface area contributed by atoms with Gasteiger partial charge in [-0.2, -0.15) is 0 Å². The summed E-state index contributed by atoms with van der Waals surface area (Å²) in [5.41, 5.74) is 1.60. The van der Waals surface area contributed by atoms with E-state index in [1.165, 1.54) is 0 Å². The smallest absolute Gasteiger partial charge is 0.238 e. The average Bonchev–Trinajstić information content (AvgIpc) is 2.35. The van der Waals surface area contributed by atoms with Gasteiger partial charge in [-0.05, 0) is 36.8 Å². The van der Waals surface area contributed by atoms with Crippen LogP contribution < -0.4 is 4.74 Å². The quantitative estimate of drug-likeness (QED) is 0.946. The lowest BCUT2D eigenvalue weighted by Crippen LogP contribution is -1.95. The summed E-state index contributed by atoms with van der Waals surface area (Å²) in [4.78, 5) is 0. The molecule has 1 aromatic heterocycles. The van der Waals surface area contributed by atoms with Crippen molar-refractivity contribution in [2.45, 2.75) is 13.5 Å². The highest BCUT2D eigenvalue weighted by Gasteiger charge is 2.02. The van der Waals surface area contributed by atoms with Crippen molar-refractivity contribution in [3.63, 3.8) is 0 Å². The zero-order valence-corrected chi connectivity index (χ0v) is 10.8. The van der Waals surface area contributed by atoms with E-state index in [1.54, 1.807) is 12.1 Å². The number of aryl methyl sites for hydroxylation is 1. The molecule has 0 fully saturated rings. The van der Waals surface area contributed by atoms with Crippen LogP contribution in [0.25, 0.3) is 0 Å². The van der Waals surface area contributed by atoms with E-state index < -0.39 is 0 Å². The van der Waals surface area contributed by atoms with Gasteiger partial charge in [0.2, 0.25) is 5.88 Å². The molecule has 2 rings (SSSR count). The van der Waals surface area contributed by atoms with Gasteiger partial charge in [0.05, 0.1) is 12.3 Å². The summed E-state index contributed by atoms with van der Waals surface area (Å²) < 4.78 is 6.57. The maximum atomic E-state index is 8.84. The molecule has 5 heteroatoms. The van der Waals surface area contributed by atoms with Crippen LogP contribution in [0.15, 0.2) is 34.8 Å². The number of aromatic nitrogens is 2. The first-order chi connectivity index (χ1) is 8.19. The fraction of sp³-hybridized carbons (Fsp3) is 0.167. The van der Waals surface area contributed by atoms with Gasteiger partial charge < -0.3 is 9.84 Å². The Labute approximate surface area is 107 Å². The van der Waals surface area contributed by atoms with Gasteiger partial charge in [0.15, 0.2) is 0 Å². The van der Waals surface area contributed by atoms with Crippen molar-refractivity contribution < 1.29 is 9.84 Å². The molecule has 1 heterocycles. The number of ether oxygens (including phenoxy) is 1. The van der Waals surface area contributed by atoms with Gasteiger partial charge in [-0.3, -0.25) is 0 Å². The van der Waals surface area contributed by atoms with Crippen LogP contribution in [-0.4, -0.2) is 15.3 Å². The molecule has 0 aliphatic heterocycles. The molecule has 0 atom stereocenters. The molecule has 0 aliphatic rings. The highest BCUT2D eigenvalue weighted by atomic mass is 79.9. The topological polar surface area (TPSA) is 55.2 Å². The first-order valence-electron chi connectivity index (χ1n) is 5.06. The summed E-state index contributed by atoms with van der Waals surface area (Å²) in [7, 11) is 0. The first-order valence-corrected chi connectivity index (χ1v) is 5.86. The van der Waals surface area contributed by atoms with Crippen LogP contribution in [0.1, 0.15) is 11.3 Å². The summed E-state index contributed by atoms with van der Waals surface area (Å²) in [6.07, 6.45) is 0. The number of rotatable bonds is 3. The van der Waals surface area contributed by atoms with Crippen molar-refractivity contribution in [1.29, 1.82) is 0 Å². The summed E-state index contributed by atoms with van der Waals surface area (Å²) in [6.45, 7) is 1.86. The SMILES string of the molecule is Cc1cc(Oc2ccc(CO)nn2)ccc1Br. The van der Waals surface area contributed by atoms with Crippen molar-refractivity contribution >= 4 is 15.9 Å². The molecule has 0 bridgehead atoms. The second kappa shape index (κ2) is 5.25. The van der Waals surface area contributed by atoms with E-state index in [0.717, 1.165) is 10.0 Å². The van der Waals surface area contributed by atoms with Crippen LogP contribution in [0.2, 0.25) is 0 Å². The highest BCUT2D eigenvalue weighted by molar-refractivity contribution is 9.10. The fourth-order valence-electron chi connectivity index (χ4n) is 1.29. The van der Waals surface area contributed by atoms with Crippen LogP contribution in [0.4, 0.5) is 0 Å². The van der Waals surface area contributed by atoms with E-state index in [4.69, 9.17) is 9.84 Å². The lowest BCUT2D eigenvalue weighted by molar-refractivity contribution is 0.274. The zero-order chi connectivity index (χ0) is 12.3. The van der Waals surface area contributed by atoms with Gasteiger partial charge in [0.1, 0.15) is 5.75 Å². The molecule has 0 saturated heterocycles. The Morgan fingerprint density at radius 3 is 2.65 bits per heavy atom. The Morgan fingerprint density at radius 1 is 1.24 bits per heavy atom. The molecule has 1 aromatic carbocycles. The number of benzene rings is 1. The van der Waals surface area contributed by atoms with Crippen LogP contribution in [0.5, 0.6) is 11.6 Å². The minimum absolute atomic E-state index is 0.120. The number of aliphatic hydroxyl groups is 1. The summed E-state index contributed by atoms with van der Waals surface area (Å²) in [5, 5.41) is 16.5. The molecule has 88 valence electrons. The molecular formula is C12H11BrN2O2. The molecular weight excluding hydrogens is 284 g/mol. The van der Waals surface area contributed by atoms with Crippen LogP contribution >= 0.6 is 15.9 Å². The average molecular weight is 295 g/mol. The monoisotopic (exact) mass is 294 g/mol. The third-order valence-corrected chi connectivity index (χ3v) is 3.10. The van der Waals surface area contributed by atoms with Gasteiger partial charge in [0.25, 0.3) is 0 Å². The molecule has 0 aliphatic carbocycles. The molecule has 4 nitrogen and oxygen atoms in total. The lowest BCUT2D eigenvalue weighted by Gasteiger charge is -2.06. The number of nitrogens with zero attached hydrogens (tertiary/aromatic N) is 2. The Balaban J connectivity index is 2.16. The molecule has 0 amide bonds. The molecule has 17 heavy (non-hydrogen) atoms. The maximum Gasteiger partial charge on any atom is 0.238 e.